The number of nitriles is 1. The minimum atomic E-state index is 0.381. The number of benzene rings is 2. The number of para-hydroxylation sites is 1. The summed E-state index contributed by atoms with van der Waals surface area (Å²) in [4.78, 5) is 0. The third-order valence-corrected chi connectivity index (χ3v) is 3.57. The van der Waals surface area contributed by atoms with Crippen LogP contribution >= 0.6 is 0 Å². The van der Waals surface area contributed by atoms with Gasteiger partial charge < -0.3 is 4.74 Å². The second kappa shape index (κ2) is 6.37. The lowest BCUT2D eigenvalue weighted by molar-refractivity contribution is 0.341. The van der Waals surface area contributed by atoms with E-state index in [1.807, 2.05) is 62.4 Å². The molecule has 0 radical (unpaired) electrons. The van der Waals surface area contributed by atoms with E-state index >= 15 is 0 Å². The van der Waals surface area contributed by atoms with Gasteiger partial charge in [-0.05, 0) is 38.1 Å². The SMILES string of the molecule is CCOc1ccccc1-c1cc(C#N)nn1-c1ccc(C)cc1. The molecule has 0 aliphatic carbocycles. The molecular weight excluding hydrogens is 286 g/mol. The summed E-state index contributed by atoms with van der Waals surface area (Å²) < 4.78 is 7.51. The Morgan fingerprint density at radius 1 is 1.13 bits per heavy atom. The van der Waals surface area contributed by atoms with Gasteiger partial charge >= 0.3 is 0 Å². The van der Waals surface area contributed by atoms with Crippen LogP contribution < -0.4 is 4.74 Å². The summed E-state index contributed by atoms with van der Waals surface area (Å²) in [6.07, 6.45) is 0. The van der Waals surface area contributed by atoms with Crippen LogP contribution in [0, 0.1) is 18.3 Å². The average molecular weight is 303 g/mol. The van der Waals surface area contributed by atoms with Crippen molar-refractivity contribution < 1.29 is 4.74 Å². The fraction of sp³-hybridized carbons (Fsp3) is 0.158. The molecule has 0 saturated carbocycles. The lowest BCUT2D eigenvalue weighted by atomic mass is 10.1. The highest BCUT2D eigenvalue weighted by Gasteiger charge is 2.15. The standard InChI is InChI=1S/C19H17N3O/c1-3-23-19-7-5-4-6-17(19)18-12-15(13-20)21-22(18)16-10-8-14(2)9-11-16/h4-12H,3H2,1-2H3. The molecular formula is C19H17N3O. The molecule has 1 aromatic heterocycles. The van der Waals surface area contributed by atoms with E-state index in [0.29, 0.717) is 12.3 Å². The predicted octanol–water partition coefficient (Wildman–Crippen LogP) is 4.12. The van der Waals surface area contributed by atoms with Crippen molar-refractivity contribution in [1.29, 1.82) is 5.26 Å². The van der Waals surface area contributed by atoms with Gasteiger partial charge in [0.25, 0.3) is 0 Å². The highest BCUT2D eigenvalue weighted by Crippen LogP contribution is 2.32. The van der Waals surface area contributed by atoms with Gasteiger partial charge in [-0.25, -0.2) is 4.68 Å². The quantitative estimate of drug-likeness (QED) is 0.728. The molecule has 2 aromatic carbocycles. The number of hydrogen-bond acceptors (Lipinski definition) is 3. The van der Waals surface area contributed by atoms with Crippen LogP contribution in [0.1, 0.15) is 18.2 Å². The van der Waals surface area contributed by atoms with Gasteiger partial charge in [-0.2, -0.15) is 10.4 Å². The summed E-state index contributed by atoms with van der Waals surface area (Å²) in [6, 6.07) is 19.8. The predicted molar refractivity (Wildman–Crippen MR) is 89.6 cm³/mol. The van der Waals surface area contributed by atoms with Crippen molar-refractivity contribution in [2.75, 3.05) is 6.61 Å². The number of hydrogen-bond donors (Lipinski definition) is 0. The van der Waals surface area contributed by atoms with Crippen LogP contribution in [0.2, 0.25) is 0 Å². The second-order valence-electron chi connectivity index (χ2n) is 5.20. The number of aryl methyl sites for hydroxylation is 1. The van der Waals surface area contributed by atoms with E-state index in [0.717, 1.165) is 22.7 Å². The normalized spacial score (nSPS) is 10.3. The minimum Gasteiger partial charge on any atom is -0.493 e. The fourth-order valence-electron chi connectivity index (χ4n) is 2.47. The minimum absolute atomic E-state index is 0.381. The summed E-state index contributed by atoms with van der Waals surface area (Å²) in [5, 5.41) is 13.6. The molecule has 4 heteroatoms. The molecule has 0 N–H and O–H groups in total. The van der Waals surface area contributed by atoms with Gasteiger partial charge in [-0.15, -0.1) is 0 Å². The van der Waals surface area contributed by atoms with Gasteiger partial charge in [-0.1, -0.05) is 29.8 Å². The Labute approximate surface area is 135 Å². The van der Waals surface area contributed by atoms with Crippen LogP contribution in [0.4, 0.5) is 0 Å². The maximum atomic E-state index is 9.23. The Balaban J connectivity index is 2.18. The summed E-state index contributed by atoms with van der Waals surface area (Å²) in [5.74, 6) is 0.785. The van der Waals surface area contributed by atoms with Gasteiger partial charge in [0.15, 0.2) is 5.69 Å². The van der Waals surface area contributed by atoms with Gasteiger partial charge in [0.05, 0.1) is 18.0 Å². The van der Waals surface area contributed by atoms with E-state index in [9.17, 15) is 5.26 Å². The topological polar surface area (TPSA) is 50.8 Å². The van der Waals surface area contributed by atoms with Crippen LogP contribution in [0.25, 0.3) is 16.9 Å². The first-order valence-corrected chi connectivity index (χ1v) is 7.52. The molecule has 0 atom stereocenters. The van der Waals surface area contributed by atoms with Crippen LogP contribution in [0.5, 0.6) is 5.75 Å². The molecule has 0 spiro atoms. The first-order chi connectivity index (χ1) is 11.2. The number of aromatic nitrogens is 2. The molecule has 0 aliphatic rings. The van der Waals surface area contributed by atoms with Crippen molar-refractivity contribution in [2.24, 2.45) is 0 Å². The second-order valence-corrected chi connectivity index (χ2v) is 5.20. The number of nitrogens with zero attached hydrogens (tertiary/aromatic N) is 3. The van der Waals surface area contributed by atoms with Gasteiger partial charge in [0.1, 0.15) is 11.8 Å². The zero-order valence-electron chi connectivity index (χ0n) is 13.2. The zero-order valence-corrected chi connectivity index (χ0v) is 13.2. The van der Waals surface area contributed by atoms with Crippen molar-refractivity contribution in [3.8, 4) is 28.8 Å². The van der Waals surface area contributed by atoms with Crippen molar-refractivity contribution in [3.63, 3.8) is 0 Å². The highest BCUT2D eigenvalue weighted by atomic mass is 16.5. The lowest BCUT2D eigenvalue weighted by Gasteiger charge is -2.12. The van der Waals surface area contributed by atoms with E-state index in [2.05, 4.69) is 11.2 Å². The Hall–Kier alpha value is -3.06. The van der Waals surface area contributed by atoms with Crippen LogP contribution in [0.3, 0.4) is 0 Å². The highest BCUT2D eigenvalue weighted by molar-refractivity contribution is 5.70. The molecule has 0 aliphatic heterocycles. The molecule has 3 rings (SSSR count). The number of rotatable bonds is 4. The Morgan fingerprint density at radius 3 is 2.57 bits per heavy atom. The molecule has 1 heterocycles. The van der Waals surface area contributed by atoms with Crippen molar-refractivity contribution in [2.45, 2.75) is 13.8 Å². The zero-order chi connectivity index (χ0) is 16.2. The van der Waals surface area contributed by atoms with Crippen molar-refractivity contribution in [3.05, 3.63) is 65.9 Å². The van der Waals surface area contributed by atoms with Gasteiger partial charge in [0, 0.05) is 11.6 Å². The molecule has 0 fully saturated rings. The first kappa shape index (κ1) is 14.9. The van der Waals surface area contributed by atoms with Gasteiger partial charge in [0.2, 0.25) is 0 Å². The third-order valence-electron chi connectivity index (χ3n) is 3.57. The van der Waals surface area contributed by atoms with E-state index in [-0.39, 0.29) is 0 Å². The largest absolute Gasteiger partial charge is 0.493 e. The van der Waals surface area contributed by atoms with Crippen LogP contribution in [-0.4, -0.2) is 16.4 Å². The monoisotopic (exact) mass is 303 g/mol. The van der Waals surface area contributed by atoms with E-state index < -0.39 is 0 Å². The maximum absolute atomic E-state index is 9.23. The van der Waals surface area contributed by atoms with Gasteiger partial charge in [-0.3, -0.25) is 0 Å². The van der Waals surface area contributed by atoms with E-state index in [1.54, 1.807) is 10.7 Å². The van der Waals surface area contributed by atoms with E-state index in [1.165, 1.54) is 5.56 Å². The van der Waals surface area contributed by atoms with E-state index in [4.69, 9.17) is 4.74 Å². The van der Waals surface area contributed by atoms with Crippen LogP contribution in [0.15, 0.2) is 54.6 Å². The maximum Gasteiger partial charge on any atom is 0.163 e. The molecule has 0 amide bonds. The molecule has 114 valence electrons. The van der Waals surface area contributed by atoms with Crippen molar-refractivity contribution in [1.82, 2.24) is 9.78 Å². The Bertz CT molecular complexity index is 857. The first-order valence-electron chi connectivity index (χ1n) is 7.52. The fourth-order valence-corrected chi connectivity index (χ4v) is 2.47. The Morgan fingerprint density at radius 2 is 1.87 bits per heavy atom. The summed E-state index contributed by atoms with van der Waals surface area (Å²) in [6.45, 7) is 4.58. The smallest absolute Gasteiger partial charge is 0.163 e. The number of ether oxygens (including phenoxy) is 1. The molecule has 4 nitrogen and oxygen atoms in total. The van der Waals surface area contributed by atoms with Crippen molar-refractivity contribution >= 4 is 0 Å². The Kier molecular flexibility index (Phi) is 4.11. The molecule has 0 saturated heterocycles. The third kappa shape index (κ3) is 2.95. The molecule has 0 bridgehead atoms. The molecule has 23 heavy (non-hydrogen) atoms. The average Bonchev–Trinajstić information content (AvgIpc) is 3.00. The summed E-state index contributed by atoms with van der Waals surface area (Å²) in [5.41, 5.74) is 4.24. The summed E-state index contributed by atoms with van der Waals surface area (Å²) in [7, 11) is 0. The molecule has 0 unspecified atom stereocenters. The molecule has 3 aromatic rings. The lowest BCUT2D eigenvalue weighted by Crippen LogP contribution is -2.01. The summed E-state index contributed by atoms with van der Waals surface area (Å²) >= 11 is 0. The van der Waals surface area contributed by atoms with Crippen LogP contribution in [-0.2, 0) is 0 Å².